The molecule has 0 radical (unpaired) electrons. The van der Waals surface area contributed by atoms with E-state index in [9.17, 15) is 13.2 Å². The molecular formula is C13H22F3NO. The quantitative estimate of drug-likeness (QED) is 0.832. The van der Waals surface area contributed by atoms with Gasteiger partial charge in [-0.05, 0) is 43.9 Å². The zero-order valence-electron chi connectivity index (χ0n) is 10.6. The van der Waals surface area contributed by atoms with Crippen molar-refractivity contribution in [2.24, 2.45) is 23.5 Å². The van der Waals surface area contributed by atoms with Crippen LogP contribution in [-0.2, 0) is 4.74 Å². The van der Waals surface area contributed by atoms with Gasteiger partial charge in [-0.2, -0.15) is 13.2 Å². The van der Waals surface area contributed by atoms with E-state index in [0.29, 0.717) is 13.0 Å². The smallest absolute Gasteiger partial charge is 0.381 e. The first-order valence-electron chi connectivity index (χ1n) is 6.88. The molecule has 5 heteroatoms. The lowest BCUT2D eigenvalue weighted by molar-refractivity contribution is -0.187. The van der Waals surface area contributed by atoms with E-state index in [1.807, 2.05) is 0 Å². The van der Waals surface area contributed by atoms with Crippen molar-refractivity contribution in [1.29, 1.82) is 0 Å². The molecule has 2 aliphatic rings. The molecule has 4 atom stereocenters. The molecular weight excluding hydrogens is 243 g/mol. The molecule has 2 N–H and O–H groups in total. The topological polar surface area (TPSA) is 35.2 Å². The van der Waals surface area contributed by atoms with E-state index < -0.39 is 12.1 Å². The Hall–Kier alpha value is -0.290. The third kappa shape index (κ3) is 3.38. The van der Waals surface area contributed by atoms with Crippen LogP contribution < -0.4 is 5.73 Å². The number of hydrogen-bond acceptors (Lipinski definition) is 2. The maximum absolute atomic E-state index is 12.8. The van der Waals surface area contributed by atoms with Crippen LogP contribution in [0.15, 0.2) is 0 Å². The van der Waals surface area contributed by atoms with Gasteiger partial charge in [-0.3, -0.25) is 0 Å². The third-order valence-electron chi connectivity index (χ3n) is 4.46. The summed E-state index contributed by atoms with van der Waals surface area (Å²) in [5.74, 6) is -0.889. The Kier molecular flexibility index (Phi) is 4.54. The van der Waals surface area contributed by atoms with Crippen LogP contribution in [-0.4, -0.2) is 25.4 Å². The molecule has 1 heterocycles. The van der Waals surface area contributed by atoms with Crippen molar-refractivity contribution in [2.75, 3.05) is 13.2 Å². The summed E-state index contributed by atoms with van der Waals surface area (Å²) < 4.78 is 43.7. The van der Waals surface area contributed by atoms with E-state index in [2.05, 4.69) is 0 Å². The van der Waals surface area contributed by atoms with Gasteiger partial charge in [-0.1, -0.05) is 6.42 Å². The summed E-state index contributed by atoms with van der Waals surface area (Å²) in [6.07, 6.45) is -0.112. The fraction of sp³-hybridized carbons (Fsp3) is 1.00. The first-order valence-corrected chi connectivity index (χ1v) is 6.88. The van der Waals surface area contributed by atoms with Crippen molar-refractivity contribution >= 4 is 0 Å². The highest BCUT2D eigenvalue weighted by molar-refractivity contribution is 4.87. The number of ether oxygens (including phenoxy) is 1. The molecule has 4 unspecified atom stereocenters. The second kappa shape index (κ2) is 5.78. The van der Waals surface area contributed by atoms with Crippen molar-refractivity contribution in [3.63, 3.8) is 0 Å². The van der Waals surface area contributed by atoms with Crippen LogP contribution in [0.25, 0.3) is 0 Å². The van der Waals surface area contributed by atoms with Crippen LogP contribution in [0, 0.1) is 17.8 Å². The minimum absolute atomic E-state index is 0.0112. The first-order chi connectivity index (χ1) is 8.48. The Bertz CT molecular complexity index is 263. The zero-order chi connectivity index (χ0) is 13.2. The van der Waals surface area contributed by atoms with Crippen LogP contribution in [0.3, 0.4) is 0 Å². The monoisotopic (exact) mass is 265 g/mol. The predicted molar refractivity (Wildman–Crippen MR) is 63.0 cm³/mol. The Balaban J connectivity index is 1.91. The highest BCUT2D eigenvalue weighted by Crippen LogP contribution is 2.42. The van der Waals surface area contributed by atoms with Crippen molar-refractivity contribution in [1.82, 2.24) is 0 Å². The molecule has 0 bridgehead atoms. The van der Waals surface area contributed by atoms with E-state index in [-0.39, 0.29) is 30.7 Å². The van der Waals surface area contributed by atoms with Gasteiger partial charge in [0.05, 0.1) is 12.5 Å². The first kappa shape index (κ1) is 14.1. The lowest BCUT2D eigenvalue weighted by Crippen LogP contribution is -2.44. The number of alkyl halides is 3. The lowest BCUT2D eigenvalue weighted by Gasteiger charge is -2.38. The second-order valence-electron chi connectivity index (χ2n) is 5.72. The van der Waals surface area contributed by atoms with Crippen molar-refractivity contribution in [3.05, 3.63) is 0 Å². The maximum atomic E-state index is 12.8. The Morgan fingerprint density at radius 2 is 1.78 bits per heavy atom. The summed E-state index contributed by atoms with van der Waals surface area (Å²) in [5, 5.41) is 0. The molecule has 0 aromatic carbocycles. The average molecular weight is 265 g/mol. The van der Waals surface area contributed by atoms with Crippen molar-refractivity contribution in [2.45, 2.75) is 50.7 Å². The molecule has 0 aromatic heterocycles. The number of hydrogen-bond donors (Lipinski definition) is 1. The fourth-order valence-corrected chi connectivity index (χ4v) is 3.33. The van der Waals surface area contributed by atoms with E-state index >= 15 is 0 Å². The van der Waals surface area contributed by atoms with E-state index in [0.717, 1.165) is 25.9 Å². The highest BCUT2D eigenvalue weighted by atomic mass is 19.4. The minimum Gasteiger partial charge on any atom is -0.381 e. The van der Waals surface area contributed by atoms with E-state index in [1.165, 1.54) is 0 Å². The SMILES string of the molecule is NC(C1CCCOC1)C1CCCC(C(F)(F)F)C1. The molecule has 1 saturated heterocycles. The largest absolute Gasteiger partial charge is 0.391 e. The van der Waals surface area contributed by atoms with Crippen LogP contribution in [0.5, 0.6) is 0 Å². The van der Waals surface area contributed by atoms with Gasteiger partial charge in [-0.15, -0.1) is 0 Å². The van der Waals surface area contributed by atoms with Crippen molar-refractivity contribution < 1.29 is 17.9 Å². The van der Waals surface area contributed by atoms with Crippen LogP contribution in [0.4, 0.5) is 13.2 Å². The molecule has 18 heavy (non-hydrogen) atoms. The van der Waals surface area contributed by atoms with E-state index in [1.54, 1.807) is 0 Å². The van der Waals surface area contributed by atoms with Crippen LogP contribution >= 0.6 is 0 Å². The lowest BCUT2D eigenvalue weighted by atomic mass is 9.73. The highest BCUT2D eigenvalue weighted by Gasteiger charge is 2.44. The number of rotatable bonds is 2. The van der Waals surface area contributed by atoms with Gasteiger partial charge in [0.15, 0.2) is 0 Å². The molecule has 0 aromatic rings. The van der Waals surface area contributed by atoms with Crippen LogP contribution in [0.2, 0.25) is 0 Å². The summed E-state index contributed by atoms with van der Waals surface area (Å²) in [6, 6.07) is -0.129. The molecule has 1 aliphatic heterocycles. The summed E-state index contributed by atoms with van der Waals surface area (Å²) in [6.45, 7) is 1.38. The minimum atomic E-state index is -4.05. The predicted octanol–water partition coefficient (Wildman–Crippen LogP) is 3.11. The van der Waals surface area contributed by atoms with Gasteiger partial charge >= 0.3 is 6.18 Å². The fourth-order valence-electron chi connectivity index (χ4n) is 3.33. The number of nitrogens with two attached hydrogens (primary N) is 1. The summed E-state index contributed by atoms with van der Waals surface area (Å²) in [7, 11) is 0. The Morgan fingerprint density at radius 3 is 2.39 bits per heavy atom. The molecule has 0 amide bonds. The second-order valence-corrected chi connectivity index (χ2v) is 5.72. The Labute approximate surface area is 106 Å². The van der Waals surface area contributed by atoms with Crippen LogP contribution in [0.1, 0.15) is 38.5 Å². The van der Waals surface area contributed by atoms with Crippen molar-refractivity contribution in [3.8, 4) is 0 Å². The molecule has 1 saturated carbocycles. The van der Waals surface area contributed by atoms with Gasteiger partial charge in [0, 0.05) is 12.6 Å². The standard InChI is InChI=1S/C13H22F3NO/c14-13(15,16)11-5-1-3-9(7-11)12(17)10-4-2-6-18-8-10/h9-12H,1-8,17H2. The average Bonchev–Trinajstić information content (AvgIpc) is 2.38. The summed E-state index contributed by atoms with van der Waals surface area (Å²) >= 11 is 0. The van der Waals surface area contributed by atoms with E-state index in [4.69, 9.17) is 10.5 Å². The summed E-state index contributed by atoms with van der Waals surface area (Å²) in [4.78, 5) is 0. The zero-order valence-corrected chi connectivity index (χ0v) is 10.6. The van der Waals surface area contributed by atoms with Gasteiger partial charge in [0.1, 0.15) is 0 Å². The Morgan fingerprint density at radius 1 is 1.06 bits per heavy atom. The normalized spacial score (nSPS) is 36.3. The van der Waals surface area contributed by atoms with Gasteiger partial charge < -0.3 is 10.5 Å². The molecule has 2 fully saturated rings. The third-order valence-corrected chi connectivity index (χ3v) is 4.46. The molecule has 0 spiro atoms. The summed E-state index contributed by atoms with van der Waals surface area (Å²) in [5.41, 5.74) is 6.18. The molecule has 2 nitrogen and oxygen atoms in total. The molecule has 2 rings (SSSR count). The molecule has 1 aliphatic carbocycles. The molecule has 106 valence electrons. The van der Waals surface area contributed by atoms with Gasteiger partial charge in [0.2, 0.25) is 0 Å². The van der Waals surface area contributed by atoms with Gasteiger partial charge in [-0.25, -0.2) is 0 Å². The van der Waals surface area contributed by atoms with Gasteiger partial charge in [0.25, 0.3) is 0 Å². The maximum Gasteiger partial charge on any atom is 0.391 e. The number of halogens is 3.